The van der Waals surface area contributed by atoms with E-state index in [1.165, 1.54) is 49.9 Å². The molecule has 1 heterocycles. The molecular weight excluding hydrogens is 386 g/mol. The molecule has 0 aromatic carbocycles. The highest BCUT2D eigenvalue weighted by Crippen LogP contribution is 2.61. The quantitative estimate of drug-likeness (QED) is 0.506. The van der Waals surface area contributed by atoms with Crippen molar-refractivity contribution in [3.8, 4) is 0 Å². The van der Waals surface area contributed by atoms with E-state index in [9.17, 15) is 14.4 Å². The van der Waals surface area contributed by atoms with Gasteiger partial charge >= 0.3 is 5.97 Å². The Morgan fingerprint density at radius 3 is 2.28 bits per heavy atom. The molecule has 0 unspecified atom stereocenters. The number of hydrogen-bond donors (Lipinski definition) is 1. The standard InChI is InChI=1S/C23H31NO4S/c1-14-3-5-20(29-14)19(25)4-6-22(27)28-13-21(26)24-15(2)23-10-16-7-17(11-23)9-18(8-16)12-23/h3,5,15-18H,4,6-13H2,1-2H3,(H,24,26)/t15-,16?,17?,18?,23?/m0/s1. The summed E-state index contributed by atoms with van der Waals surface area (Å²) in [6.45, 7) is 3.80. The van der Waals surface area contributed by atoms with Crippen molar-refractivity contribution in [3.05, 3.63) is 21.9 Å². The molecule has 158 valence electrons. The lowest BCUT2D eigenvalue weighted by Crippen LogP contribution is -2.56. The van der Waals surface area contributed by atoms with Gasteiger partial charge in [-0.1, -0.05) is 0 Å². The van der Waals surface area contributed by atoms with E-state index in [0.29, 0.717) is 4.88 Å². The van der Waals surface area contributed by atoms with Crippen molar-refractivity contribution in [2.45, 2.75) is 71.3 Å². The lowest BCUT2D eigenvalue weighted by Gasteiger charge is -2.59. The molecule has 5 rings (SSSR count). The van der Waals surface area contributed by atoms with E-state index in [1.807, 2.05) is 13.0 Å². The number of ketones is 1. The minimum atomic E-state index is -0.496. The van der Waals surface area contributed by atoms with E-state index in [0.717, 1.165) is 22.6 Å². The molecule has 1 amide bonds. The van der Waals surface area contributed by atoms with Crippen molar-refractivity contribution < 1.29 is 19.1 Å². The van der Waals surface area contributed by atoms with Crippen LogP contribution in [0, 0.1) is 30.1 Å². The number of esters is 1. The molecule has 1 aromatic rings. The Hall–Kier alpha value is -1.69. The zero-order chi connectivity index (χ0) is 20.6. The van der Waals surface area contributed by atoms with Crippen LogP contribution in [0.1, 0.15) is 72.8 Å². The van der Waals surface area contributed by atoms with Gasteiger partial charge in [-0.05, 0) is 87.7 Å². The second-order valence-corrected chi connectivity index (χ2v) is 10.9. The Kier molecular flexibility index (Phi) is 5.83. The van der Waals surface area contributed by atoms with Gasteiger partial charge in [0.1, 0.15) is 0 Å². The van der Waals surface area contributed by atoms with Crippen molar-refractivity contribution in [2.24, 2.45) is 23.2 Å². The highest BCUT2D eigenvalue weighted by Gasteiger charge is 2.53. The van der Waals surface area contributed by atoms with Crippen LogP contribution in [-0.2, 0) is 14.3 Å². The molecule has 1 aromatic heterocycles. The highest BCUT2D eigenvalue weighted by molar-refractivity contribution is 7.14. The Morgan fingerprint density at radius 1 is 1.10 bits per heavy atom. The van der Waals surface area contributed by atoms with Crippen LogP contribution in [0.5, 0.6) is 0 Å². The number of Topliss-reactive ketones (excluding diaryl/α,β-unsaturated/α-hetero) is 1. The van der Waals surface area contributed by atoms with Crippen LogP contribution < -0.4 is 5.32 Å². The normalized spacial score (nSPS) is 30.8. The molecule has 1 N–H and O–H groups in total. The number of carbonyl (C=O) groups is 3. The van der Waals surface area contributed by atoms with Crippen LogP contribution in [0.2, 0.25) is 0 Å². The van der Waals surface area contributed by atoms with Crippen LogP contribution >= 0.6 is 11.3 Å². The minimum absolute atomic E-state index is 0.00753. The van der Waals surface area contributed by atoms with Gasteiger partial charge in [0.25, 0.3) is 5.91 Å². The average molecular weight is 418 g/mol. The number of thiophene rings is 1. The van der Waals surface area contributed by atoms with Gasteiger partial charge < -0.3 is 10.1 Å². The third kappa shape index (κ3) is 4.57. The molecule has 4 fully saturated rings. The molecular formula is C23H31NO4S. The highest BCUT2D eigenvalue weighted by atomic mass is 32.1. The molecule has 5 nitrogen and oxygen atoms in total. The van der Waals surface area contributed by atoms with Gasteiger partial charge in [0.15, 0.2) is 12.4 Å². The maximum Gasteiger partial charge on any atom is 0.306 e. The largest absolute Gasteiger partial charge is 0.456 e. The Morgan fingerprint density at radius 2 is 1.72 bits per heavy atom. The average Bonchev–Trinajstić information content (AvgIpc) is 3.10. The van der Waals surface area contributed by atoms with Crippen molar-refractivity contribution >= 4 is 29.0 Å². The van der Waals surface area contributed by atoms with E-state index in [2.05, 4.69) is 12.2 Å². The van der Waals surface area contributed by atoms with Gasteiger partial charge in [0, 0.05) is 17.3 Å². The Balaban J connectivity index is 1.20. The first-order chi connectivity index (χ1) is 13.8. The molecule has 4 aliphatic carbocycles. The maximum atomic E-state index is 12.4. The summed E-state index contributed by atoms with van der Waals surface area (Å²) in [7, 11) is 0. The van der Waals surface area contributed by atoms with Gasteiger partial charge in [0.05, 0.1) is 11.3 Å². The summed E-state index contributed by atoms with van der Waals surface area (Å²) in [5.41, 5.74) is 0.236. The first kappa shape index (κ1) is 20.6. The first-order valence-electron chi connectivity index (χ1n) is 10.9. The third-order valence-electron chi connectivity index (χ3n) is 7.32. The molecule has 1 atom stereocenters. The summed E-state index contributed by atoms with van der Waals surface area (Å²) in [6.07, 6.45) is 7.93. The van der Waals surface area contributed by atoms with E-state index >= 15 is 0 Å². The molecule has 0 saturated heterocycles. The number of ether oxygens (including phenoxy) is 1. The zero-order valence-electron chi connectivity index (χ0n) is 17.4. The molecule has 4 saturated carbocycles. The van der Waals surface area contributed by atoms with Crippen molar-refractivity contribution in [1.29, 1.82) is 0 Å². The maximum absolute atomic E-state index is 12.4. The fraction of sp³-hybridized carbons (Fsp3) is 0.696. The zero-order valence-corrected chi connectivity index (χ0v) is 18.2. The van der Waals surface area contributed by atoms with E-state index in [-0.39, 0.29) is 42.6 Å². The fourth-order valence-corrected chi connectivity index (χ4v) is 7.12. The van der Waals surface area contributed by atoms with Crippen LogP contribution in [0.4, 0.5) is 0 Å². The molecule has 4 aliphatic rings. The molecule has 0 radical (unpaired) electrons. The van der Waals surface area contributed by atoms with Crippen molar-refractivity contribution in [2.75, 3.05) is 6.61 Å². The van der Waals surface area contributed by atoms with Gasteiger partial charge in [0.2, 0.25) is 0 Å². The van der Waals surface area contributed by atoms with E-state index in [4.69, 9.17) is 4.74 Å². The van der Waals surface area contributed by atoms with Crippen LogP contribution in [0.25, 0.3) is 0 Å². The number of nitrogens with one attached hydrogen (secondary N) is 1. The number of amides is 1. The van der Waals surface area contributed by atoms with Gasteiger partial charge in [-0.3, -0.25) is 14.4 Å². The van der Waals surface area contributed by atoms with Gasteiger partial charge in [-0.2, -0.15) is 0 Å². The lowest BCUT2D eigenvalue weighted by atomic mass is 9.48. The summed E-state index contributed by atoms with van der Waals surface area (Å²) in [6, 6.07) is 3.80. The molecule has 4 bridgehead atoms. The van der Waals surface area contributed by atoms with Crippen LogP contribution in [0.3, 0.4) is 0 Å². The van der Waals surface area contributed by atoms with Gasteiger partial charge in [-0.15, -0.1) is 11.3 Å². The first-order valence-corrected chi connectivity index (χ1v) is 11.7. The molecule has 0 aliphatic heterocycles. The van der Waals surface area contributed by atoms with Crippen LogP contribution in [-0.4, -0.2) is 30.3 Å². The number of aryl methyl sites for hydroxylation is 1. The molecule has 29 heavy (non-hydrogen) atoms. The monoisotopic (exact) mass is 417 g/mol. The Bertz CT molecular complexity index is 763. The van der Waals surface area contributed by atoms with E-state index in [1.54, 1.807) is 6.07 Å². The number of rotatable bonds is 8. The predicted molar refractivity (Wildman–Crippen MR) is 112 cm³/mol. The van der Waals surface area contributed by atoms with Gasteiger partial charge in [-0.25, -0.2) is 0 Å². The Labute approximate surface area is 176 Å². The SMILES string of the molecule is Cc1ccc(C(=O)CCC(=O)OCC(=O)N[C@@H](C)C23CC4CC(CC(C4)C2)C3)s1. The second-order valence-electron chi connectivity index (χ2n) is 9.56. The molecule has 0 spiro atoms. The molecule has 6 heteroatoms. The number of hydrogen-bond acceptors (Lipinski definition) is 5. The fourth-order valence-electron chi connectivity index (χ4n) is 6.29. The summed E-state index contributed by atoms with van der Waals surface area (Å²) in [4.78, 5) is 38.1. The topological polar surface area (TPSA) is 72.5 Å². The minimum Gasteiger partial charge on any atom is -0.456 e. The third-order valence-corrected chi connectivity index (χ3v) is 8.36. The van der Waals surface area contributed by atoms with E-state index < -0.39 is 5.97 Å². The number of carbonyl (C=O) groups excluding carboxylic acids is 3. The summed E-state index contributed by atoms with van der Waals surface area (Å²) >= 11 is 1.43. The summed E-state index contributed by atoms with van der Waals surface area (Å²) < 4.78 is 5.12. The smallest absolute Gasteiger partial charge is 0.306 e. The van der Waals surface area contributed by atoms with Crippen molar-refractivity contribution in [1.82, 2.24) is 5.32 Å². The summed E-state index contributed by atoms with van der Waals surface area (Å²) in [5.74, 6) is 1.72. The predicted octanol–water partition coefficient (Wildman–Crippen LogP) is 4.28. The summed E-state index contributed by atoms with van der Waals surface area (Å²) in [5, 5.41) is 3.10. The second kappa shape index (κ2) is 8.21. The van der Waals surface area contributed by atoms with Crippen LogP contribution in [0.15, 0.2) is 12.1 Å². The lowest BCUT2D eigenvalue weighted by molar-refractivity contribution is -0.149. The van der Waals surface area contributed by atoms with Crippen molar-refractivity contribution in [3.63, 3.8) is 0 Å².